The SMILES string of the molecule is Cc1cc(Oc2ccc(I)cc2)ccc1C(N)=O. The number of benzene rings is 2. The van der Waals surface area contributed by atoms with Gasteiger partial charge < -0.3 is 10.5 Å². The van der Waals surface area contributed by atoms with Crippen LogP contribution in [0.4, 0.5) is 0 Å². The van der Waals surface area contributed by atoms with E-state index in [-0.39, 0.29) is 0 Å². The van der Waals surface area contributed by atoms with E-state index >= 15 is 0 Å². The average molecular weight is 353 g/mol. The number of carbonyl (C=O) groups excluding carboxylic acids is 1. The highest BCUT2D eigenvalue weighted by Crippen LogP contribution is 2.24. The van der Waals surface area contributed by atoms with E-state index in [1.807, 2.05) is 31.2 Å². The van der Waals surface area contributed by atoms with Crippen molar-refractivity contribution in [1.82, 2.24) is 0 Å². The molecule has 0 heterocycles. The Morgan fingerprint density at radius 3 is 2.28 bits per heavy atom. The lowest BCUT2D eigenvalue weighted by Gasteiger charge is -2.08. The largest absolute Gasteiger partial charge is 0.457 e. The van der Waals surface area contributed by atoms with Crippen LogP contribution >= 0.6 is 22.6 Å². The third kappa shape index (κ3) is 3.01. The third-order valence-electron chi connectivity index (χ3n) is 2.51. The van der Waals surface area contributed by atoms with Gasteiger partial charge in [0.05, 0.1) is 0 Å². The van der Waals surface area contributed by atoms with Crippen LogP contribution < -0.4 is 10.5 Å². The molecule has 0 bridgehead atoms. The molecule has 0 radical (unpaired) electrons. The summed E-state index contributed by atoms with van der Waals surface area (Å²) in [4.78, 5) is 11.1. The zero-order chi connectivity index (χ0) is 13.1. The molecule has 18 heavy (non-hydrogen) atoms. The molecular weight excluding hydrogens is 341 g/mol. The monoisotopic (exact) mass is 353 g/mol. The van der Waals surface area contributed by atoms with Gasteiger partial charge >= 0.3 is 0 Å². The number of hydrogen-bond donors (Lipinski definition) is 1. The first-order chi connectivity index (χ1) is 8.56. The van der Waals surface area contributed by atoms with Crippen LogP contribution in [0.15, 0.2) is 42.5 Å². The summed E-state index contributed by atoms with van der Waals surface area (Å²) in [5.41, 5.74) is 6.58. The van der Waals surface area contributed by atoms with Crippen molar-refractivity contribution in [3.8, 4) is 11.5 Å². The third-order valence-corrected chi connectivity index (χ3v) is 3.23. The molecule has 3 nitrogen and oxygen atoms in total. The number of aryl methyl sites for hydroxylation is 1. The zero-order valence-electron chi connectivity index (χ0n) is 9.81. The van der Waals surface area contributed by atoms with Crippen molar-refractivity contribution in [2.24, 2.45) is 5.73 Å². The Labute approximate surface area is 119 Å². The van der Waals surface area contributed by atoms with E-state index in [4.69, 9.17) is 10.5 Å². The summed E-state index contributed by atoms with van der Waals surface area (Å²) < 4.78 is 6.85. The van der Waals surface area contributed by atoms with Crippen LogP contribution in [0, 0.1) is 10.5 Å². The minimum atomic E-state index is -0.423. The molecule has 0 saturated heterocycles. The van der Waals surface area contributed by atoms with Crippen molar-refractivity contribution in [2.45, 2.75) is 6.92 Å². The van der Waals surface area contributed by atoms with Crippen molar-refractivity contribution >= 4 is 28.5 Å². The van der Waals surface area contributed by atoms with Gasteiger partial charge in [0.25, 0.3) is 0 Å². The molecular formula is C14H12INO2. The lowest BCUT2D eigenvalue weighted by atomic mass is 10.1. The lowest BCUT2D eigenvalue weighted by Crippen LogP contribution is -2.12. The van der Waals surface area contributed by atoms with Gasteiger partial charge in [-0.15, -0.1) is 0 Å². The smallest absolute Gasteiger partial charge is 0.248 e. The Morgan fingerprint density at radius 1 is 1.11 bits per heavy atom. The summed E-state index contributed by atoms with van der Waals surface area (Å²) in [6.07, 6.45) is 0. The fraction of sp³-hybridized carbons (Fsp3) is 0.0714. The van der Waals surface area contributed by atoms with Gasteiger partial charge in [0.2, 0.25) is 5.91 Å². The second-order valence-corrected chi connectivity index (χ2v) is 5.14. The first kappa shape index (κ1) is 12.9. The van der Waals surface area contributed by atoms with Crippen molar-refractivity contribution < 1.29 is 9.53 Å². The van der Waals surface area contributed by atoms with Crippen molar-refractivity contribution in [3.63, 3.8) is 0 Å². The lowest BCUT2D eigenvalue weighted by molar-refractivity contribution is 0.0999. The first-order valence-electron chi connectivity index (χ1n) is 5.40. The Kier molecular flexibility index (Phi) is 3.86. The van der Waals surface area contributed by atoms with Gasteiger partial charge in [-0.05, 0) is 77.5 Å². The second kappa shape index (κ2) is 5.39. The molecule has 0 aliphatic carbocycles. The van der Waals surface area contributed by atoms with Gasteiger partial charge in [-0.3, -0.25) is 4.79 Å². The summed E-state index contributed by atoms with van der Waals surface area (Å²) in [5.74, 6) is 1.04. The van der Waals surface area contributed by atoms with Crippen LogP contribution in [0.1, 0.15) is 15.9 Å². The van der Waals surface area contributed by atoms with E-state index in [1.165, 1.54) is 0 Å². The van der Waals surface area contributed by atoms with E-state index in [0.717, 1.165) is 14.9 Å². The van der Waals surface area contributed by atoms with Gasteiger partial charge in [0, 0.05) is 9.13 Å². The molecule has 0 spiro atoms. The summed E-state index contributed by atoms with van der Waals surface area (Å²) in [6, 6.07) is 13.0. The molecule has 0 aliphatic rings. The van der Waals surface area contributed by atoms with Crippen LogP contribution in [0.5, 0.6) is 11.5 Å². The maximum atomic E-state index is 11.1. The van der Waals surface area contributed by atoms with Gasteiger partial charge in [-0.25, -0.2) is 0 Å². The van der Waals surface area contributed by atoms with Crippen LogP contribution in [0.25, 0.3) is 0 Å². The molecule has 0 aliphatic heterocycles. The van der Waals surface area contributed by atoms with Gasteiger partial charge in [-0.2, -0.15) is 0 Å². The van der Waals surface area contributed by atoms with Crippen LogP contribution in [-0.4, -0.2) is 5.91 Å². The van der Waals surface area contributed by atoms with E-state index in [0.29, 0.717) is 11.3 Å². The van der Waals surface area contributed by atoms with Crippen LogP contribution in [0.3, 0.4) is 0 Å². The van der Waals surface area contributed by atoms with E-state index in [9.17, 15) is 4.79 Å². The van der Waals surface area contributed by atoms with Crippen molar-refractivity contribution in [2.75, 3.05) is 0 Å². The number of hydrogen-bond acceptors (Lipinski definition) is 2. The highest BCUT2D eigenvalue weighted by molar-refractivity contribution is 14.1. The zero-order valence-corrected chi connectivity index (χ0v) is 12.0. The summed E-state index contributed by atoms with van der Waals surface area (Å²) in [5, 5.41) is 0. The molecule has 0 atom stereocenters. The normalized spacial score (nSPS) is 10.1. The van der Waals surface area contributed by atoms with Gasteiger partial charge in [-0.1, -0.05) is 0 Å². The number of amides is 1. The fourth-order valence-electron chi connectivity index (χ4n) is 1.61. The number of nitrogens with two attached hydrogens (primary N) is 1. The predicted molar refractivity (Wildman–Crippen MR) is 78.9 cm³/mol. The van der Waals surface area contributed by atoms with Crippen LogP contribution in [0.2, 0.25) is 0 Å². The maximum Gasteiger partial charge on any atom is 0.248 e. The van der Waals surface area contributed by atoms with Crippen molar-refractivity contribution in [1.29, 1.82) is 0 Å². The van der Waals surface area contributed by atoms with E-state index in [2.05, 4.69) is 22.6 Å². The minimum absolute atomic E-state index is 0.423. The average Bonchev–Trinajstić information content (AvgIpc) is 2.32. The standard InChI is InChI=1S/C14H12INO2/c1-9-8-12(6-7-13(9)14(16)17)18-11-4-2-10(15)3-5-11/h2-8H,1H3,(H2,16,17). The molecule has 2 aromatic carbocycles. The predicted octanol–water partition coefficient (Wildman–Crippen LogP) is 3.49. The topological polar surface area (TPSA) is 52.3 Å². The second-order valence-electron chi connectivity index (χ2n) is 3.90. The molecule has 2 rings (SSSR count). The number of primary amides is 1. The first-order valence-corrected chi connectivity index (χ1v) is 6.48. The molecule has 0 unspecified atom stereocenters. The minimum Gasteiger partial charge on any atom is -0.457 e. The summed E-state index contributed by atoms with van der Waals surface area (Å²) in [7, 11) is 0. The van der Waals surface area contributed by atoms with E-state index < -0.39 is 5.91 Å². The molecule has 0 fully saturated rings. The van der Waals surface area contributed by atoms with Gasteiger partial charge in [0.1, 0.15) is 11.5 Å². The highest BCUT2D eigenvalue weighted by Gasteiger charge is 2.06. The molecule has 2 aromatic rings. The Morgan fingerprint density at radius 2 is 1.72 bits per heavy atom. The highest BCUT2D eigenvalue weighted by atomic mass is 127. The summed E-state index contributed by atoms with van der Waals surface area (Å²) >= 11 is 2.24. The van der Waals surface area contributed by atoms with Crippen molar-refractivity contribution in [3.05, 3.63) is 57.2 Å². The maximum absolute atomic E-state index is 11.1. The Balaban J connectivity index is 2.22. The molecule has 0 aromatic heterocycles. The van der Waals surface area contributed by atoms with Gasteiger partial charge in [0.15, 0.2) is 0 Å². The van der Waals surface area contributed by atoms with E-state index in [1.54, 1.807) is 18.2 Å². The molecule has 1 amide bonds. The van der Waals surface area contributed by atoms with Crippen LogP contribution in [-0.2, 0) is 0 Å². The number of halogens is 1. The molecule has 0 saturated carbocycles. The molecule has 92 valence electrons. The quantitative estimate of drug-likeness (QED) is 0.859. The summed E-state index contributed by atoms with van der Waals surface area (Å²) in [6.45, 7) is 1.83. The molecule has 2 N–H and O–H groups in total. The Hall–Kier alpha value is -1.56. The fourth-order valence-corrected chi connectivity index (χ4v) is 1.97. The number of ether oxygens (including phenoxy) is 1. The number of carbonyl (C=O) groups is 1. The number of rotatable bonds is 3. The molecule has 4 heteroatoms. The Bertz CT molecular complexity index is 579.